The first-order valence-corrected chi connectivity index (χ1v) is 7.30. The van der Waals surface area contributed by atoms with Crippen LogP contribution in [0.3, 0.4) is 0 Å². The van der Waals surface area contributed by atoms with E-state index in [0.717, 1.165) is 23.3 Å². The molecule has 3 nitrogen and oxygen atoms in total. The molecule has 0 unspecified atom stereocenters. The van der Waals surface area contributed by atoms with Gasteiger partial charge in [0.1, 0.15) is 0 Å². The van der Waals surface area contributed by atoms with Crippen LogP contribution in [-0.2, 0) is 0 Å². The van der Waals surface area contributed by atoms with Gasteiger partial charge in [0.15, 0.2) is 0 Å². The Labute approximate surface area is 112 Å². The van der Waals surface area contributed by atoms with E-state index in [1.807, 2.05) is 35.4 Å². The third kappa shape index (κ3) is 2.68. The quantitative estimate of drug-likeness (QED) is 0.768. The molecule has 0 saturated carbocycles. The van der Waals surface area contributed by atoms with Crippen molar-refractivity contribution in [2.24, 2.45) is 5.92 Å². The van der Waals surface area contributed by atoms with E-state index in [9.17, 15) is 4.79 Å². The molecule has 1 aromatic carbocycles. The van der Waals surface area contributed by atoms with E-state index in [1.165, 1.54) is 0 Å². The van der Waals surface area contributed by atoms with Crippen LogP contribution >= 0.6 is 11.8 Å². The first-order chi connectivity index (χ1) is 8.76. The van der Waals surface area contributed by atoms with Crippen molar-refractivity contribution < 1.29 is 4.79 Å². The number of carbonyl (C=O) groups excluding carboxylic acids is 1. The maximum absolute atomic E-state index is 12.4. The first-order valence-electron chi connectivity index (χ1n) is 6.08. The number of hydrogen-bond donors (Lipinski definition) is 0. The Morgan fingerprint density at radius 3 is 2.67 bits per heavy atom. The van der Waals surface area contributed by atoms with Crippen molar-refractivity contribution in [2.45, 2.75) is 17.7 Å². The molecule has 0 N–H and O–H groups in total. The summed E-state index contributed by atoms with van der Waals surface area (Å²) < 4.78 is 0. The van der Waals surface area contributed by atoms with Crippen molar-refractivity contribution in [2.75, 3.05) is 19.3 Å². The lowest BCUT2D eigenvalue weighted by Gasteiger charge is -2.29. The van der Waals surface area contributed by atoms with Gasteiger partial charge in [-0.05, 0) is 31.2 Å². The number of piperidine rings is 1. The number of likely N-dealkylation sites (tertiary alicyclic amines) is 1. The number of hydrogen-bond acceptors (Lipinski definition) is 3. The predicted octanol–water partition coefficient (Wildman–Crippen LogP) is 2.78. The maximum Gasteiger partial charge on any atom is 0.254 e. The van der Waals surface area contributed by atoms with Crippen LogP contribution in [0.4, 0.5) is 0 Å². The molecule has 0 aliphatic carbocycles. The molecule has 0 aromatic heterocycles. The monoisotopic (exact) mass is 260 g/mol. The van der Waals surface area contributed by atoms with Gasteiger partial charge < -0.3 is 4.90 Å². The minimum Gasteiger partial charge on any atom is -0.339 e. The highest BCUT2D eigenvalue weighted by molar-refractivity contribution is 7.98. The van der Waals surface area contributed by atoms with Gasteiger partial charge in [0.2, 0.25) is 0 Å². The molecule has 2 rings (SSSR count). The second kappa shape index (κ2) is 5.92. The number of nitrogens with zero attached hydrogens (tertiary/aromatic N) is 2. The third-order valence-electron chi connectivity index (χ3n) is 3.30. The van der Waals surface area contributed by atoms with Crippen LogP contribution < -0.4 is 0 Å². The van der Waals surface area contributed by atoms with Crippen molar-refractivity contribution in [1.29, 1.82) is 5.26 Å². The Hall–Kier alpha value is -1.47. The van der Waals surface area contributed by atoms with E-state index < -0.39 is 0 Å². The fourth-order valence-corrected chi connectivity index (χ4v) is 2.79. The fourth-order valence-electron chi connectivity index (χ4n) is 2.20. The van der Waals surface area contributed by atoms with Gasteiger partial charge in [0.25, 0.3) is 5.91 Å². The molecule has 4 heteroatoms. The number of thioether (sulfide) groups is 1. The minimum atomic E-state index is 0.0938. The second-order valence-corrected chi connectivity index (χ2v) is 5.24. The summed E-state index contributed by atoms with van der Waals surface area (Å²) in [6, 6.07) is 9.98. The lowest BCUT2D eigenvalue weighted by Crippen LogP contribution is -2.38. The summed E-state index contributed by atoms with van der Waals surface area (Å²) in [7, 11) is 0. The molecular formula is C14H16N2OS. The van der Waals surface area contributed by atoms with Crippen LogP contribution in [0.1, 0.15) is 23.2 Å². The van der Waals surface area contributed by atoms with Crippen molar-refractivity contribution in [3.8, 4) is 6.07 Å². The SMILES string of the molecule is CSc1ccccc1C(=O)N1CCC(C#N)CC1. The van der Waals surface area contributed by atoms with Crippen LogP contribution in [0, 0.1) is 17.2 Å². The Bertz CT molecular complexity index is 473. The Balaban J connectivity index is 2.10. The van der Waals surface area contributed by atoms with Crippen LogP contribution in [0.2, 0.25) is 0 Å². The molecule has 18 heavy (non-hydrogen) atoms. The van der Waals surface area contributed by atoms with E-state index in [2.05, 4.69) is 6.07 Å². The fraction of sp³-hybridized carbons (Fsp3) is 0.429. The Morgan fingerprint density at radius 2 is 2.06 bits per heavy atom. The van der Waals surface area contributed by atoms with Crippen molar-refractivity contribution in [1.82, 2.24) is 4.90 Å². The van der Waals surface area contributed by atoms with Gasteiger partial charge in [-0.2, -0.15) is 5.26 Å². The van der Waals surface area contributed by atoms with Gasteiger partial charge in [-0.3, -0.25) is 4.79 Å². The molecule has 0 atom stereocenters. The molecule has 0 spiro atoms. The van der Waals surface area contributed by atoms with Gasteiger partial charge in [-0.25, -0.2) is 0 Å². The number of rotatable bonds is 2. The van der Waals surface area contributed by atoms with Crippen LogP contribution in [0.25, 0.3) is 0 Å². The summed E-state index contributed by atoms with van der Waals surface area (Å²) in [6.07, 6.45) is 3.57. The van der Waals surface area contributed by atoms with Gasteiger partial charge in [-0.15, -0.1) is 11.8 Å². The second-order valence-electron chi connectivity index (χ2n) is 4.40. The molecule has 1 fully saturated rings. The molecule has 1 amide bonds. The number of benzene rings is 1. The van der Waals surface area contributed by atoms with Crippen molar-refractivity contribution in [3.63, 3.8) is 0 Å². The molecule has 1 heterocycles. The maximum atomic E-state index is 12.4. The van der Waals surface area contributed by atoms with E-state index in [4.69, 9.17) is 5.26 Å². The third-order valence-corrected chi connectivity index (χ3v) is 4.10. The highest BCUT2D eigenvalue weighted by atomic mass is 32.2. The summed E-state index contributed by atoms with van der Waals surface area (Å²) in [5.41, 5.74) is 0.778. The highest BCUT2D eigenvalue weighted by Gasteiger charge is 2.24. The van der Waals surface area contributed by atoms with Crippen LogP contribution in [0.5, 0.6) is 0 Å². The van der Waals surface area contributed by atoms with Crippen molar-refractivity contribution in [3.05, 3.63) is 29.8 Å². The standard InChI is InChI=1S/C14H16N2OS/c1-18-13-5-3-2-4-12(13)14(17)16-8-6-11(10-15)7-9-16/h2-5,11H,6-9H2,1H3. The number of amides is 1. The molecule has 0 radical (unpaired) electrons. The number of carbonyl (C=O) groups is 1. The van der Waals surface area contributed by atoms with E-state index >= 15 is 0 Å². The summed E-state index contributed by atoms with van der Waals surface area (Å²) >= 11 is 1.59. The lowest BCUT2D eigenvalue weighted by molar-refractivity contribution is 0.0704. The predicted molar refractivity (Wildman–Crippen MR) is 72.5 cm³/mol. The average Bonchev–Trinajstić information content (AvgIpc) is 2.46. The van der Waals surface area contributed by atoms with E-state index in [0.29, 0.717) is 13.1 Å². The zero-order valence-corrected chi connectivity index (χ0v) is 11.2. The van der Waals surface area contributed by atoms with Gasteiger partial charge in [0.05, 0.1) is 11.6 Å². The minimum absolute atomic E-state index is 0.0938. The summed E-state index contributed by atoms with van der Waals surface area (Å²) in [5.74, 6) is 0.209. The van der Waals surface area contributed by atoms with E-state index in [1.54, 1.807) is 11.8 Å². The highest BCUT2D eigenvalue weighted by Crippen LogP contribution is 2.24. The van der Waals surface area contributed by atoms with Crippen LogP contribution in [0.15, 0.2) is 29.2 Å². The molecule has 1 aromatic rings. The summed E-state index contributed by atoms with van der Waals surface area (Å²) in [6.45, 7) is 1.39. The normalized spacial score (nSPS) is 16.3. The lowest BCUT2D eigenvalue weighted by atomic mass is 9.98. The van der Waals surface area contributed by atoms with E-state index in [-0.39, 0.29) is 11.8 Å². The molecule has 1 saturated heterocycles. The Morgan fingerprint density at radius 1 is 1.39 bits per heavy atom. The summed E-state index contributed by atoms with van der Waals surface area (Å²) in [4.78, 5) is 15.3. The first kappa shape index (κ1) is 13.0. The zero-order chi connectivity index (χ0) is 13.0. The number of nitriles is 1. The molecule has 94 valence electrons. The largest absolute Gasteiger partial charge is 0.339 e. The average molecular weight is 260 g/mol. The van der Waals surface area contributed by atoms with Crippen LogP contribution in [-0.4, -0.2) is 30.2 Å². The van der Waals surface area contributed by atoms with Gasteiger partial charge in [-0.1, -0.05) is 12.1 Å². The van der Waals surface area contributed by atoms with Gasteiger partial charge in [0, 0.05) is 23.9 Å². The molecule has 1 aliphatic heterocycles. The topological polar surface area (TPSA) is 44.1 Å². The smallest absolute Gasteiger partial charge is 0.254 e. The Kier molecular flexibility index (Phi) is 4.27. The molecule has 0 bridgehead atoms. The van der Waals surface area contributed by atoms with Gasteiger partial charge >= 0.3 is 0 Å². The van der Waals surface area contributed by atoms with Crippen molar-refractivity contribution >= 4 is 17.7 Å². The zero-order valence-electron chi connectivity index (χ0n) is 10.4. The molecular weight excluding hydrogens is 244 g/mol. The molecule has 1 aliphatic rings. The summed E-state index contributed by atoms with van der Waals surface area (Å²) in [5, 5.41) is 8.86.